The minimum Gasteiger partial charge on any atom is -0.412 e. The van der Waals surface area contributed by atoms with Crippen molar-refractivity contribution in [3.8, 4) is 0 Å². The van der Waals surface area contributed by atoms with E-state index in [-0.39, 0.29) is 40.3 Å². The van der Waals surface area contributed by atoms with Gasteiger partial charge in [0.05, 0.1) is 4.92 Å². The molecule has 9 heteroatoms. The minimum absolute atomic E-state index is 0. The number of rotatable bonds is 1. The van der Waals surface area contributed by atoms with E-state index in [1.54, 1.807) is 0 Å². The molecule has 0 aliphatic carbocycles. The third kappa shape index (κ3) is 3.83. The van der Waals surface area contributed by atoms with Gasteiger partial charge in [-0.05, 0) is 11.6 Å². The fourth-order valence-electron chi connectivity index (χ4n) is 0.496. The Balaban J connectivity index is 0. The smallest absolute Gasteiger partial charge is 0.412 e. The maximum Gasteiger partial charge on any atom is 1.00 e. The molecule has 0 amide bonds. The average molecular weight is 217 g/mol. The number of nitrogens with zero attached hydrogens (tertiary/aromatic N) is 2. The second-order valence-electron chi connectivity index (χ2n) is 1.65. The normalized spacial score (nSPS) is 8.08. The van der Waals surface area contributed by atoms with Crippen LogP contribution < -0.4 is 35.1 Å². The van der Waals surface area contributed by atoms with Gasteiger partial charge in [-0.1, -0.05) is 0 Å². The quantitative estimate of drug-likeness (QED) is 0.227. The first kappa shape index (κ1) is 15.0. The van der Waals surface area contributed by atoms with Crippen molar-refractivity contribution in [2.24, 2.45) is 0 Å². The van der Waals surface area contributed by atoms with E-state index in [1.807, 2.05) is 4.98 Å². The summed E-state index contributed by atoms with van der Waals surface area (Å²) in [6.07, 6.45) is 0.807. The van der Waals surface area contributed by atoms with Crippen molar-refractivity contribution in [1.82, 2.24) is 9.97 Å². The van der Waals surface area contributed by atoms with Gasteiger partial charge >= 0.3 is 40.8 Å². The van der Waals surface area contributed by atoms with Crippen molar-refractivity contribution >= 4 is 17.3 Å². The average Bonchev–Trinajstić information content (AvgIpc) is 1.85. The van der Waals surface area contributed by atoms with Crippen molar-refractivity contribution < 1.29 is 40.0 Å². The van der Waals surface area contributed by atoms with E-state index in [9.17, 15) is 14.9 Å². The summed E-state index contributed by atoms with van der Waals surface area (Å²) in [6.45, 7) is 0. The molecule has 0 aliphatic rings. The van der Waals surface area contributed by atoms with Gasteiger partial charge in [0.1, 0.15) is 6.20 Å². The molecule has 13 heavy (non-hydrogen) atoms. The van der Waals surface area contributed by atoms with Crippen molar-refractivity contribution in [3.63, 3.8) is 0 Å². The number of nitrogens with one attached hydrogen (secondary N) is 1. The van der Waals surface area contributed by atoms with E-state index in [1.165, 1.54) is 0 Å². The Morgan fingerprint density at radius 1 is 1.62 bits per heavy atom. The van der Waals surface area contributed by atoms with Gasteiger partial charge in [-0.2, -0.15) is 0 Å². The van der Waals surface area contributed by atoms with E-state index in [0.717, 1.165) is 6.20 Å². The number of H-pyrrole nitrogens is 1. The number of aromatic nitrogens is 2. The molecule has 3 N–H and O–H groups in total. The molecule has 0 aliphatic heterocycles. The van der Waals surface area contributed by atoms with Crippen molar-refractivity contribution in [2.45, 2.75) is 0 Å². The third-order valence-corrected chi connectivity index (χ3v) is 1.14. The zero-order valence-electron chi connectivity index (χ0n) is 6.57. The molecule has 0 fully saturated rings. The van der Waals surface area contributed by atoms with Crippen LogP contribution in [0.25, 0.3) is 0 Å². The van der Waals surface area contributed by atoms with Crippen molar-refractivity contribution in [2.75, 3.05) is 0 Å². The van der Waals surface area contributed by atoms with Crippen LogP contribution in [0, 0.1) is 10.1 Å². The molecule has 7 nitrogen and oxygen atoms in total. The molecule has 0 bridgehead atoms. The molecule has 0 aromatic carbocycles. The molecule has 1 rings (SSSR count). The first-order chi connectivity index (χ1) is 5.11. The third-order valence-electron chi connectivity index (χ3n) is 0.946. The number of halogens is 1. The Bertz CT molecular complexity index is 353. The predicted molar refractivity (Wildman–Crippen MR) is 40.1 cm³/mol. The summed E-state index contributed by atoms with van der Waals surface area (Å²) in [7, 11) is 0. The van der Waals surface area contributed by atoms with Crippen LogP contribution in [0.3, 0.4) is 0 Å². The van der Waals surface area contributed by atoms with Crippen LogP contribution in [-0.2, 0) is 0 Å². The Morgan fingerprint density at radius 3 is 2.54 bits per heavy atom. The summed E-state index contributed by atoms with van der Waals surface area (Å²) in [5.41, 5.74) is -1.47. The van der Waals surface area contributed by atoms with E-state index in [4.69, 9.17) is 11.6 Å². The number of hydrogen-bond acceptors (Lipinski definition) is 4. The van der Waals surface area contributed by atoms with Gasteiger partial charge in [-0.15, -0.1) is 0 Å². The monoisotopic (exact) mass is 216 g/mol. The molecule has 1 aromatic heterocycles. The molecule has 0 saturated heterocycles. The summed E-state index contributed by atoms with van der Waals surface area (Å²) in [4.78, 5) is 25.2. The van der Waals surface area contributed by atoms with Crippen molar-refractivity contribution in [3.05, 3.63) is 31.9 Å². The van der Waals surface area contributed by atoms with E-state index >= 15 is 0 Å². The maximum atomic E-state index is 10.7. The van der Waals surface area contributed by atoms with E-state index < -0.39 is 16.2 Å². The molecule has 0 atom stereocenters. The van der Waals surface area contributed by atoms with Crippen LogP contribution in [-0.4, -0.2) is 20.4 Å². The van der Waals surface area contributed by atoms with Crippen LogP contribution in [0.5, 0.6) is 0 Å². The molecule has 0 saturated carbocycles. The second-order valence-corrected chi connectivity index (χ2v) is 2.00. The standard InChI is InChI=1S/C4H2ClN3O3.Na.H2O/c5-4-6-1-2(8(10)11)3(9)7-4;;/h1H,(H,6,7,9);;1H2/q;+1;. The van der Waals surface area contributed by atoms with Crippen LogP contribution in [0.15, 0.2) is 11.0 Å². The van der Waals surface area contributed by atoms with E-state index in [0.29, 0.717) is 0 Å². The predicted octanol–water partition coefficient (Wildman–Crippen LogP) is -3.49. The van der Waals surface area contributed by atoms with Gasteiger partial charge < -0.3 is 5.48 Å². The first-order valence-electron chi connectivity index (χ1n) is 2.50. The van der Waals surface area contributed by atoms with Gasteiger partial charge in [0.25, 0.3) is 0 Å². The molecule has 66 valence electrons. The van der Waals surface area contributed by atoms with Gasteiger partial charge in [0, 0.05) is 0 Å². The Hall–Kier alpha value is -0.470. The largest absolute Gasteiger partial charge is 1.00 e. The Kier molecular flexibility index (Phi) is 7.00. The Morgan fingerprint density at radius 2 is 2.15 bits per heavy atom. The summed E-state index contributed by atoms with van der Waals surface area (Å²) in [5.74, 6) is 0. The fraction of sp³-hybridized carbons (Fsp3) is 0. The van der Waals surface area contributed by atoms with Gasteiger partial charge in [-0.3, -0.25) is 19.9 Å². The SMILES string of the molecule is O.O=c1[nH]c(Cl)ncc1[N+](=O)[O-].[Na+]. The van der Waals surface area contributed by atoms with Gasteiger partial charge in [-0.25, -0.2) is 4.98 Å². The van der Waals surface area contributed by atoms with E-state index in [2.05, 4.69) is 4.98 Å². The van der Waals surface area contributed by atoms with Crippen LogP contribution in [0.4, 0.5) is 5.69 Å². The molecule has 1 aromatic rings. The molecule has 0 unspecified atom stereocenters. The molecule has 1 heterocycles. The zero-order chi connectivity index (χ0) is 8.43. The number of aromatic amines is 1. The number of hydrogen-bond donors (Lipinski definition) is 1. The fourth-order valence-corrected chi connectivity index (χ4v) is 0.631. The van der Waals surface area contributed by atoms with Crippen LogP contribution in [0.1, 0.15) is 0 Å². The summed E-state index contributed by atoms with van der Waals surface area (Å²) >= 11 is 5.23. The number of nitro groups is 1. The molecule has 0 spiro atoms. The van der Waals surface area contributed by atoms with Gasteiger partial charge in [0.15, 0.2) is 0 Å². The topological polar surface area (TPSA) is 120 Å². The van der Waals surface area contributed by atoms with Gasteiger partial charge in [0.2, 0.25) is 5.28 Å². The summed E-state index contributed by atoms with van der Waals surface area (Å²) in [6, 6.07) is 0. The first-order valence-corrected chi connectivity index (χ1v) is 2.88. The summed E-state index contributed by atoms with van der Waals surface area (Å²) in [5, 5.41) is 9.87. The van der Waals surface area contributed by atoms with Crippen LogP contribution >= 0.6 is 11.6 Å². The molecular formula is C4H4ClN3NaO4+. The minimum atomic E-state index is -0.852. The zero-order valence-corrected chi connectivity index (χ0v) is 9.33. The maximum absolute atomic E-state index is 10.7. The molecular weight excluding hydrogens is 213 g/mol. The molecule has 0 radical (unpaired) electrons. The van der Waals surface area contributed by atoms with Crippen molar-refractivity contribution in [1.29, 1.82) is 0 Å². The second kappa shape index (κ2) is 6.06. The Labute approximate surface area is 98.9 Å². The van der Waals surface area contributed by atoms with Crippen LogP contribution in [0.2, 0.25) is 5.28 Å². The summed E-state index contributed by atoms with van der Waals surface area (Å²) < 4.78 is 0.